The van der Waals surface area contributed by atoms with E-state index in [0.717, 1.165) is 0 Å². The number of benzene rings is 2. The van der Waals surface area contributed by atoms with Crippen molar-refractivity contribution in [2.45, 2.75) is 0 Å². The number of aromatic nitrogens is 2. The van der Waals surface area contributed by atoms with Gasteiger partial charge in [0.2, 0.25) is 0 Å². The second-order valence-electron chi connectivity index (χ2n) is 5.28. The Bertz CT molecular complexity index is 961. The summed E-state index contributed by atoms with van der Waals surface area (Å²) in [6.45, 7) is 0. The molecule has 130 valence electrons. The smallest absolute Gasteiger partial charge is 0.297 e. The lowest BCUT2D eigenvalue weighted by atomic mass is 10.1. The molecule has 0 saturated carbocycles. The molecule has 0 aliphatic carbocycles. The number of halogens is 1. The van der Waals surface area contributed by atoms with Crippen LogP contribution in [-0.2, 0) is 4.79 Å². The van der Waals surface area contributed by atoms with Crippen molar-refractivity contribution in [1.29, 1.82) is 0 Å². The van der Waals surface area contributed by atoms with Gasteiger partial charge >= 0.3 is 0 Å². The first-order valence-electron chi connectivity index (χ1n) is 7.65. The lowest BCUT2D eigenvalue weighted by molar-refractivity contribution is -0.112. The van der Waals surface area contributed by atoms with E-state index in [-0.39, 0.29) is 11.4 Å². The molecular formula is C19H14FN3O3. The highest BCUT2D eigenvalue weighted by Gasteiger charge is 2.17. The zero-order chi connectivity index (χ0) is 18.5. The van der Waals surface area contributed by atoms with Crippen molar-refractivity contribution >= 4 is 17.5 Å². The number of ether oxygens (including phenoxy) is 1. The number of methoxy groups -OCH3 is 1. The van der Waals surface area contributed by atoms with Gasteiger partial charge in [0.15, 0.2) is 0 Å². The van der Waals surface area contributed by atoms with Crippen molar-refractivity contribution in [1.82, 2.24) is 9.97 Å². The Balaban J connectivity index is 1.85. The van der Waals surface area contributed by atoms with Crippen LogP contribution in [0.4, 0.5) is 10.2 Å². The maximum atomic E-state index is 13.6. The number of Topliss-reactive ketones (excluding diaryl/α,β-unsaturated/α-hetero) is 1. The number of amides is 1. The fourth-order valence-electron chi connectivity index (χ4n) is 2.35. The van der Waals surface area contributed by atoms with Gasteiger partial charge < -0.3 is 10.1 Å². The van der Waals surface area contributed by atoms with E-state index < -0.39 is 17.5 Å². The van der Waals surface area contributed by atoms with Crippen molar-refractivity contribution in [3.63, 3.8) is 0 Å². The first-order chi connectivity index (χ1) is 12.6. The van der Waals surface area contributed by atoms with E-state index in [1.807, 2.05) is 0 Å². The van der Waals surface area contributed by atoms with Crippen LogP contribution in [0.25, 0.3) is 11.3 Å². The molecule has 0 unspecified atom stereocenters. The number of carbonyl (C=O) groups is 2. The van der Waals surface area contributed by atoms with Gasteiger partial charge in [-0.3, -0.25) is 9.59 Å². The topological polar surface area (TPSA) is 81.2 Å². The Kier molecular flexibility index (Phi) is 4.98. The molecule has 0 spiro atoms. The van der Waals surface area contributed by atoms with Crippen LogP contribution >= 0.6 is 0 Å². The summed E-state index contributed by atoms with van der Waals surface area (Å²) in [6, 6.07) is 13.6. The van der Waals surface area contributed by atoms with Crippen molar-refractivity contribution in [2.24, 2.45) is 0 Å². The Labute approximate surface area is 148 Å². The summed E-state index contributed by atoms with van der Waals surface area (Å²) < 4.78 is 18.8. The molecule has 1 amide bonds. The highest BCUT2D eigenvalue weighted by atomic mass is 19.1. The monoisotopic (exact) mass is 351 g/mol. The zero-order valence-electron chi connectivity index (χ0n) is 13.8. The SMILES string of the molecule is COc1ccc(F)cc1-c1cc(NC(=O)C(=O)c2ccccc2)ncn1. The van der Waals surface area contributed by atoms with Crippen molar-refractivity contribution in [2.75, 3.05) is 12.4 Å². The molecule has 26 heavy (non-hydrogen) atoms. The van der Waals surface area contributed by atoms with Crippen molar-refractivity contribution < 1.29 is 18.7 Å². The van der Waals surface area contributed by atoms with Crippen molar-refractivity contribution in [3.05, 3.63) is 72.3 Å². The second-order valence-corrected chi connectivity index (χ2v) is 5.28. The van der Waals surface area contributed by atoms with E-state index in [2.05, 4.69) is 15.3 Å². The Hall–Kier alpha value is -3.61. The van der Waals surface area contributed by atoms with Crippen LogP contribution in [0.15, 0.2) is 60.9 Å². The Morgan fingerprint density at radius 3 is 2.54 bits per heavy atom. The molecule has 3 rings (SSSR count). The van der Waals surface area contributed by atoms with E-state index in [1.54, 1.807) is 30.3 Å². The molecule has 1 N–H and O–H groups in total. The van der Waals surface area contributed by atoms with Gasteiger partial charge in [0.25, 0.3) is 11.7 Å². The molecule has 1 heterocycles. The first-order valence-corrected chi connectivity index (χ1v) is 7.65. The number of hydrogen-bond acceptors (Lipinski definition) is 5. The molecule has 6 nitrogen and oxygen atoms in total. The summed E-state index contributed by atoms with van der Waals surface area (Å²) in [5, 5.41) is 2.43. The number of hydrogen-bond donors (Lipinski definition) is 1. The maximum absolute atomic E-state index is 13.6. The van der Waals surface area contributed by atoms with Crippen LogP contribution in [-0.4, -0.2) is 28.8 Å². The Morgan fingerprint density at radius 2 is 1.81 bits per heavy atom. The minimum absolute atomic E-state index is 0.121. The highest BCUT2D eigenvalue weighted by molar-refractivity contribution is 6.46. The third-order valence-corrected chi connectivity index (χ3v) is 3.59. The number of ketones is 1. The van der Waals surface area contributed by atoms with Crippen LogP contribution in [0.1, 0.15) is 10.4 Å². The fourth-order valence-corrected chi connectivity index (χ4v) is 2.35. The predicted octanol–water partition coefficient (Wildman–Crippen LogP) is 3.11. The normalized spacial score (nSPS) is 10.2. The molecule has 0 bridgehead atoms. The highest BCUT2D eigenvalue weighted by Crippen LogP contribution is 2.29. The molecule has 0 atom stereocenters. The molecule has 0 fully saturated rings. The summed E-state index contributed by atoms with van der Waals surface area (Å²) in [4.78, 5) is 32.3. The third-order valence-electron chi connectivity index (χ3n) is 3.59. The van der Waals surface area contributed by atoms with Crippen LogP contribution in [0, 0.1) is 5.82 Å². The summed E-state index contributed by atoms with van der Waals surface area (Å²) >= 11 is 0. The first kappa shape index (κ1) is 17.2. The lowest BCUT2D eigenvalue weighted by Gasteiger charge is -2.09. The van der Waals surface area contributed by atoms with Gasteiger partial charge in [0.1, 0.15) is 23.7 Å². The van der Waals surface area contributed by atoms with Gasteiger partial charge in [-0.2, -0.15) is 0 Å². The maximum Gasteiger partial charge on any atom is 0.297 e. The van der Waals surface area contributed by atoms with E-state index in [0.29, 0.717) is 17.0 Å². The average Bonchev–Trinajstić information content (AvgIpc) is 2.68. The fraction of sp³-hybridized carbons (Fsp3) is 0.0526. The summed E-state index contributed by atoms with van der Waals surface area (Å²) in [6.07, 6.45) is 1.21. The van der Waals surface area contributed by atoms with Crippen molar-refractivity contribution in [3.8, 4) is 17.0 Å². The van der Waals surface area contributed by atoms with Gasteiger partial charge in [0.05, 0.1) is 12.8 Å². The van der Waals surface area contributed by atoms with Crippen LogP contribution < -0.4 is 10.1 Å². The number of anilines is 1. The second kappa shape index (κ2) is 7.52. The number of rotatable bonds is 5. The minimum Gasteiger partial charge on any atom is -0.496 e. The Morgan fingerprint density at radius 1 is 1.04 bits per heavy atom. The van der Waals surface area contributed by atoms with Gasteiger partial charge in [0, 0.05) is 17.2 Å². The molecule has 1 aromatic heterocycles. The number of nitrogens with one attached hydrogen (secondary N) is 1. The molecule has 0 aliphatic heterocycles. The number of carbonyl (C=O) groups excluding carboxylic acids is 2. The van der Waals surface area contributed by atoms with Crippen LogP contribution in [0.5, 0.6) is 5.75 Å². The quantitative estimate of drug-likeness (QED) is 0.564. The van der Waals surface area contributed by atoms with Gasteiger partial charge in [-0.1, -0.05) is 30.3 Å². The lowest BCUT2D eigenvalue weighted by Crippen LogP contribution is -2.23. The standard InChI is InChI=1S/C19H14FN3O3/c1-26-16-8-7-13(20)9-14(16)15-10-17(22-11-21-15)23-19(25)18(24)12-5-3-2-4-6-12/h2-11H,1H3,(H,21,22,23,25). The van der Waals surface area contributed by atoms with E-state index in [9.17, 15) is 14.0 Å². The van der Waals surface area contributed by atoms with E-state index in [4.69, 9.17) is 4.74 Å². The molecule has 7 heteroatoms. The molecule has 0 radical (unpaired) electrons. The van der Waals surface area contributed by atoms with Gasteiger partial charge in [-0.15, -0.1) is 0 Å². The molecule has 3 aromatic rings. The summed E-state index contributed by atoms with van der Waals surface area (Å²) in [5.74, 6) is -1.43. The summed E-state index contributed by atoms with van der Waals surface area (Å²) in [5.41, 5.74) is 1.02. The van der Waals surface area contributed by atoms with Gasteiger partial charge in [-0.05, 0) is 18.2 Å². The van der Waals surface area contributed by atoms with E-state index >= 15 is 0 Å². The predicted molar refractivity (Wildman–Crippen MR) is 93.4 cm³/mol. The minimum atomic E-state index is -0.827. The van der Waals surface area contributed by atoms with Crippen LogP contribution in [0.3, 0.4) is 0 Å². The van der Waals surface area contributed by atoms with Crippen LogP contribution in [0.2, 0.25) is 0 Å². The third kappa shape index (κ3) is 3.72. The number of nitrogens with zero attached hydrogens (tertiary/aromatic N) is 2. The average molecular weight is 351 g/mol. The molecule has 0 saturated heterocycles. The van der Waals surface area contributed by atoms with E-state index in [1.165, 1.54) is 37.7 Å². The molecule has 0 aliphatic rings. The molecule has 2 aromatic carbocycles. The largest absolute Gasteiger partial charge is 0.496 e. The summed E-state index contributed by atoms with van der Waals surface area (Å²) in [7, 11) is 1.46. The van der Waals surface area contributed by atoms with Gasteiger partial charge in [-0.25, -0.2) is 14.4 Å². The molecular weight excluding hydrogens is 337 g/mol. The zero-order valence-corrected chi connectivity index (χ0v) is 13.8.